The Morgan fingerprint density at radius 1 is 1.23 bits per heavy atom. The van der Waals surface area contributed by atoms with Crippen molar-refractivity contribution >= 4 is 23.2 Å². The van der Waals surface area contributed by atoms with Crippen LogP contribution in [0.4, 0.5) is 10.1 Å². The monoisotopic (exact) mass is 499 g/mol. The van der Waals surface area contributed by atoms with Gasteiger partial charge in [0.1, 0.15) is 11.5 Å². The number of hydrogen-bond acceptors (Lipinski definition) is 6. The SMILES string of the molecule is Cc1cc(=O)c(C(=O)NCC(c2c(F)cccc2Cl)N2CCCC2)nn1-c1ccccc1[N+](=O)[O-]. The highest BCUT2D eigenvalue weighted by Gasteiger charge is 2.29. The molecule has 35 heavy (non-hydrogen) atoms. The van der Waals surface area contributed by atoms with E-state index in [1.165, 1.54) is 41.1 Å². The maximum atomic E-state index is 14.7. The number of benzene rings is 2. The Kier molecular flexibility index (Phi) is 7.23. The molecular weight excluding hydrogens is 477 g/mol. The number of carbonyl (C=O) groups is 1. The molecule has 9 nitrogen and oxygen atoms in total. The van der Waals surface area contributed by atoms with E-state index in [9.17, 15) is 24.1 Å². The highest BCUT2D eigenvalue weighted by atomic mass is 35.5. The van der Waals surface area contributed by atoms with Gasteiger partial charge in [-0.25, -0.2) is 9.07 Å². The molecule has 1 aliphatic rings. The number of hydrogen-bond donors (Lipinski definition) is 1. The summed E-state index contributed by atoms with van der Waals surface area (Å²) in [7, 11) is 0. The van der Waals surface area contributed by atoms with Gasteiger partial charge in [0, 0.05) is 35.0 Å². The van der Waals surface area contributed by atoms with E-state index in [0.717, 1.165) is 25.9 Å². The van der Waals surface area contributed by atoms with Crippen molar-refractivity contribution in [3.05, 3.63) is 96.7 Å². The maximum absolute atomic E-state index is 14.7. The molecule has 2 aromatic carbocycles. The predicted octanol–water partition coefficient (Wildman–Crippen LogP) is 3.81. The molecule has 2 heterocycles. The summed E-state index contributed by atoms with van der Waals surface area (Å²) in [6.07, 6.45) is 1.88. The molecule has 1 amide bonds. The van der Waals surface area contributed by atoms with Crippen molar-refractivity contribution in [2.75, 3.05) is 19.6 Å². The summed E-state index contributed by atoms with van der Waals surface area (Å²) in [6, 6.07) is 11.0. The molecular formula is C24H23ClFN5O4. The number of aromatic nitrogens is 2. The van der Waals surface area contributed by atoms with Gasteiger partial charge < -0.3 is 5.32 Å². The van der Waals surface area contributed by atoms with Crippen LogP contribution in [0.5, 0.6) is 0 Å². The fourth-order valence-electron chi connectivity index (χ4n) is 4.32. The number of nitrogens with one attached hydrogen (secondary N) is 1. The number of rotatable bonds is 7. The third-order valence-electron chi connectivity index (χ3n) is 6.00. The minimum Gasteiger partial charge on any atom is -0.349 e. The number of aryl methyl sites for hydroxylation is 1. The first-order valence-electron chi connectivity index (χ1n) is 11.1. The Morgan fingerprint density at radius 3 is 2.63 bits per heavy atom. The first-order valence-corrected chi connectivity index (χ1v) is 11.5. The molecule has 0 aliphatic carbocycles. The van der Waals surface area contributed by atoms with Gasteiger partial charge in [0.25, 0.3) is 11.6 Å². The first kappa shape index (κ1) is 24.5. The van der Waals surface area contributed by atoms with Crippen LogP contribution in [0, 0.1) is 22.9 Å². The molecule has 0 radical (unpaired) electrons. The number of nitro benzene ring substituents is 1. The number of carbonyl (C=O) groups excluding carboxylic acids is 1. The van der Waals surface area contributed by atoms with Gasteiger partial charge in [0.05, 0.1) is 11.0 Å². The van der Waals surface area contributed by atoms with Gasteiger partial charge in [0.2, 0.25) is 5.43 Å². The molecule has 182 valence electrons. The quantitative estimate of drug-likeness (QED) is 0.391. The van der Waals surface area contributed by atoms with Gasteiger partial charge in [-0.1, -0.05) is 29.8 Å². The van der Waals surface area contributed by atoms with Gasteiger partial charge in [-0.3, -0.25) is 24.6 Å². The molecule has 11 heteroatoms. The Hall–Kier alpha value is -3.63. The van der Waals surface area contributed by atoms with Crippen LogP contribution in [0.25, 0.3) is 5.69 Å². The van der Waals surface area contributed by atoms with Crippen LogP contribution in [0.15, 0.2) is 53.3 Å². The van der Waals surface area contributed by atoms with Gasteiger partial charge in [-0.2, -0.15) is 5.10 Å². The zero-order valence-electron chi connectivity index (χ0n) is 18.9. The summed E-state index contributed by atoms with van der Waals surface area (Å²) in [5.74, 6) is -1.24. The average molecular weight is 500 g/mol. The van der Waals surface area contributed by atoms with Crippen LogP contribution in [0.2, 0.25) is 5.02 Å². The lowest BCUT2D eigenvalue weighted by molar-refractivity contribution is -0.384. The van der Waals surface area contributed by atoms with E-state index in [1.807, 2.05) is 4.90 Å². The lowest BCUT2D eigenvalue weighted by atomic mass is 10.0. The summed E-state index contributed by atoms with van der Waals surface area (Å²) < 4.78 is 15.9. The van der Waals surface area contributed by atoms with Crippen molar-refractivity contribution in [1.29, 1.82) is 0 Å². The van der Waals surface area contributed by atoms with Crippen molar-refractivity contribution in [2.45, 2.75) is 25.8 Å². The molecule has 0 saturated carbocycles. The summed E-state index contributed by atoms with van der Waals surface area (Å²) in [4.78, 5) is 38.6. The van der Waals surface area contributed by atoms with E-state index in [2.05, 4.69) is 10.4 Å². The van der Waals surface area contributed by atoms with E-state index >= 15 is 0 Å². The molecule has 1 saturated heterocycles. The second kappa shape index (κ2) is 10.3. The van der Waals surface area contributed by atoms with Gasteiger partial charge in [-0.15, -0.1) is 0 Å². The van der Waals surface area contributed by atoms with Crippen molar-refractivity contribution in [1.82, 2.24) is 20.0 Å². The zero-order chi connectivity index (χ0) is 25.1. The molecule has 1 unspecified atom stereocenters. The molecule has 4 rings (SSSR count). The first-order chi connectivity index (χ1) is 16.8. The smallest absolute Gasteiger partial charge is 0.294 e. The Balaban J connectivity index is 1.65. The van der Waals surface area contributed by atoms with Crippen LogP contribution >= 0.6 is 11.6 Å². The van der Waals surface area contributed by atoms with Crippen LogP contribution in [0.1, 0.15) is 40.6 Å². The van der Waals surface area contributed by atoms with E-state index in [1.54, 1.807) is 19.1 Å². The average Bonchev–Trinajstić information content (AvgIpc) is 3.35. The minimum absolute atomic E-state index is 0.0000319. The highest BCUT2D eigenvalue weighted by molar-refractivity contribution is 6.31. The summed E-state index contributed by atoms with van der Waals surface area (Å²) >= 11 is 6.31. The van der Waals surface area contributed by atoms with Crippen molar-refractivity contribution in [2.24, 2.45) is 0 Å². The lowest BCUT2D eigenvalue weighted by Crippen LogP contribution is -2.39. The van der Waals surface area contributed by atoms with Crippen molar-refractivity contribution < 1.29 is 14.1 Å². The number of halogens is 2. The van der Waals surface area contributed by atoms with E-state index in [0.29, 0.717) is 5.69 Å². The molecule has 1 aliphatic heterocycles. The summed E-state index contributed by atoms with van der Waals surface area (Å²) in [5.41, 5.74) is -0.539. The number of nitro groups is 1. The summed E-state index contributed by atoms with van der Waals surface area (Å²) in [5, 5.41) is 18.5. The Labute approximate surface area is 205 Å². The van der Waals surface area contributed by atoms with Crippen molar-refractivity contribution in [3.63, 3.8) is 0 Å². The topological polar surface area (TPSA) is 110 Å². The molecule has 1 atom stereocenters. The van der Waals surface area contributed by atoms with E-state index < -0.39 is 33.8 Å². The van der Waals surface area contributed by atoms with Crippen LogP contribution in [0.3, 0.4) is 0 Å². The third kappa shape index (κ3) is 5.08. The molecule has 0 spiro atoms. The predicted molar refractivity (Wildman–Crippen MR) is 129 cm³/mol. The standard InChI is InChI=1S/C24H23ClFN5O4/c1-15-13-21(32)23(28-30(15)18-9-2-3-10-19(18)31(34)35)24(33)27-14-20(29-11-4-5-12-29)22-16(25)7-6-8-17(22)26/h2-3,6-10,13,20H,4-5,11-12,14H2,1H3,(H,27,33). The molecule has 3 aromatic rings. The van der Waals surface area contributed by atoms with E-state index in [-0.39, 0.29) is 28.5 Å². The largest absolute Gasteiger partial charge is 0.349 e. The van der Waals surface area contributed by atoms with Gasteiger partial charge in [0.15, 0.2) is 5.69 Å². The number of likely N-dealkylation sites (tertiary alicyclic amines) is 1. The van der Waals surface area contributed by atoms with Crippen LogP contribution in [-0.2, 0) is 0 Å². The zero-order valence-corrected chi connectivity index (χ0v) is 19.7. The number of para-hydroxylation sites is 2. The minimum atomic E-state index is -0.765. The second-order valence-electron chi connectivity index (χ2n) is 8.26. The molecule has 1 N–H and O–H groups in total. The fourth-order valence-corrected chi connectivity index (χ4v) is 4.60. The fraction of sp³-hybridized carbons (Fsp3) is 0.292. The third-order valence-corrected chi connectivity index (χ3v) is 6.33. The van der Waals surface area contributed by atoms with Gasteiger partial charge >= 0.3 is 0 Å². The molecule has 1 aromatic heterocycles. The molecule has 0 bridgehead atoms. The van der Waals surface area contributed by atoms with Gasteiger partial charge in [-0.05, 0) is 51.1 Å². The van der Waals surface area contributed by atoms with Crippen molar-refractivity contribution in [3.8, 4) is 5.69 Å². The van der Waals surface area contributed by atoms with Crippen LogP contribution in [-0.4, -0.2) is 45.1 Å². The second-order valence-corrected chi connectivity index (χ2v) is 8.67. The Bertz CT molecular complexity index is 1320. The Morgan fingerprint density at radius 2 is 1.94 bits per heavy atom. The van der Waals surface area contributed by atoms with E-state index in [4.69, 9.17) is 11.6 Å². The van der Waals surface area contributed by atoms with Crippen LogP contribution < -0.4 is 10.7 Å². The number of nitrogens with zero attached hydrogens (tertiary/aromatic N) is 4. The number of amides is 1. The molecule has 1 fully saturated rings. The maximum Gasteiger partial charge on any atom is 0.294 e. The lowest BCUT2D eigenvalue weighted by Gasteiger charge is -2.29. The highest BCUT2D eigenvalue weighted by Crippen LogP contribution is 2.32. The summed E-state index contributed by atoms with van der Waals surface area (Å²) in [6.45, 7) is 3.01. The normalized spacial score (nSPS) is 14.6.